The van der Waals surface area contributed by atoms with Gasteiger partial charge in [0.05, 0.1) is 5.56 Å². The van der Waals surface area contributed by atoms with E-state index in [2.05, 4.69) is 0 Å². The molecular weight excluding hydrogens is 270 g/mol. The number of alkyl halides is 3. The van der Waals surface area contributed by atoms with Gasteiger partial charge in [-0.3, -0.25) is 0 Å². The Morgan fingerprint density at radius 3 is 2.28 bits per heavy atom. The lowest BCUT2D eigenvalue weighted by Gasteiger charge is -2.31. The Labute approximate surface area is 109 Å². The molecule has 18 heavy (non-hydrogen) atoms. The Morgan fingerprint density at radius 1 is 1.22 bits per heavy atom. The van der Waals surface area contributed by atoms with Gasteiger partial charge in [-0.2, -0.15) is 13.2 Å². The van der Waals surface area contributed by atoms with Crippen LogP contribution in [0.3, 0.4) is 0 Å². The third-order valence-electron chi connectivity index (χ3n) is 3.34. The molecule has 1 aliphatic carbocycles. The van der Waals surface area contributed by atoms with E-state index in [9.17, 15) is 17.6 Å². The number of hydrogen-bond acceptors (Lipinski definition) is 1. The minimum absolute atomic E-state index is 0. The molecule has 1 aliphatic rings. The molecule has 1 fully saturated rings. The molecule has 0 spiro atoms. The zero-order valence-corrected chi connectivity index (χ0v) is 10.3. The van der Waals surface area contributed by atoms with Gasteiger partial charge in [-0.05, 0) is 37.0 Å². The van der Waals surface area contributed by atoms with Crippen LogP contribution < -0.4 is 5.73 Å². The van der Waals surface area contributed by atoms with Crippen molar-refractivity contribution in [3.05, 3.63) is 35.1 Å². The van der Waals surface area contributed by atoms with E-state index in [0.29, 0.717) is 0 Å². The maximum atomic E-state index is 13.5. The summed E-state index contributed by atoms with van der Waals surface area (Å²) in [6.45, 7) is 0. The van der Waals surface area contributed by atoms with Gasteiger partial charge >= 0.3 is 6.18 Å². The normalized spacial score (nSPS) is 17.8. The van der Waals surface area contributed by atoms with Crippen LogP contribution in [0.25, 0.3) is 0 Å². The first-order valence-electron chi connectivity index (χ1n) is 5.52. The van der Waals surface area contributed by atoms with Crippen molar-refractivity contribution in [3.63, 3.8) is 0 Å². The summed E-state index contributed by atoms with van der Waals surface area (Å²) >= 11 is 0. The quantitative estimate of drug-likeness (QED) is 0.814. The molecule has 0 radical (unpaired) electrons. The van der Waals surface area contributed by atoms with Gasteiger partial charge in [0.2, 0.25) is 0 Å². The van der Waals surface area contributed by atoms with Crippen molar-refractivity contribution in [3.8, 4) is 0 Å². The highest BCUT2D eigenvalue weighted by atomic mass is 35.5. The van der Waals surface area contributed by atoms with Crippen LogP contribution in [0.4, 0.5) is 17.6 Å². The maximum absolute atomic E-state index is 13.5. The first-order valence-corrected chi connectivity index (χ1v) is 5.52. The molecule has 1 aromatic carbocycles. The summed E-state index contributed by atoms with van der Waals surface area (Å²) in [4.78, 5) is 0. The summed E-state index contributed by atoms with van der Waals surface area (Å²) in [5.74, 6) is -0.551. The van der Waals surface area contributed by atoms with Crippen LogP contribution in [0.2, 0.25) is 0 Å². The largest absolute Gasteiger partial charge is 0.416 e. The highest BCUT2D eigenvalue weighted by Crippen LogP contribution is 2.38. The fourth-order valence-electron chi connectivity index (χ4n) is 2.03. The third-order valence-corrected chi connectivity index (χ3v) is 3.34. The Morgan fingerprint density at radius 2 is 1.83 bits per heavy atom. The summed E-state index contributed by atoms with van der Waals surface area (Å²) < 4.78 is 51.0. The molecule has 2 rings (SSSR count). The molecule has 6 heteroatoms. The molecule has 0 amide bonds. The Balaban J connectivity index is 0.00000162. The van der Waals surface area contributed by atoms with Crippen molar-refractivity contribution in [1.82, 2.24) is 0 Å². The van der Waals surface area contributed by atoms with E-state index in [1.165, 1.54) is 0 Å². The van der Waals surface area contributed by atoms with Gasteiger partial charge in [0, 0.05) is 11.6 Å². The molecule has 1 atom stereocenters. The lowest BCUT2D eigenvalue weighted by atomic mass is 9.77. The first-order chi connectivity index (χ1) is 7.89. The van der Waals surface area contributed by atoms with Crippen LogP contribution in [-0.4, -0.2) is 0 Å². The topological polar surface area (TPSA) is 26.0 Å². The smallest absolute Gasteiger partial charge is 0.324 e. The lowest BCUT2D eigenvalue weighted by Crippen LogP contribution is -2.28. The van der Waals surface area contributed by atoms with Gasteiger partial charge < -0.3 is 5.73 Å². The minimum atomic E-state index is -4.46. The van der Waals surface area contributed by atoms with Crippen LogP contribution in [0, 0.1) is 11.7 Å². The van der Waals surface area contributed by atoms with E-state index in [-0.39, 0.29) is 23.9 Å². The predicted octanol–water partition coefficient (Wildman–Crippen LogP) is 4.07. The summed E-state index contributed by atoms with van der Waals surface area (Å²) in [5.41, 5.74) is 4.94. The van der Waals surface area contributed by atoms with Crippen molar-refractivity contribution in [2.75, 3.05) is 0 Å². The Kier molecular flexibility index (Phi) is 4.61. The molecule has 1 saturated carbocycles. The Bertz CT molecular complexity index is 415. The predicted molar refractivity (Wildman–Crippen MR) is 62.9 cm³/mol. The van der Waals surface area contributed by atoms with E-state index in [4.69, 9.17) is 5.73 Å². The SMILES string of the molecule is Cl.N[C@@H](c1cc(C(F)(F)F)ccc1F)C1CCC1. The van der Waals surface area contributed by atoms with Crippen molar-refractivity contribution in [2.45, 2.75) is 31.5 Å². The van der Waals surface area contributed by atoms with Gasteiger partial charge in [0.25, 0.3) is 0 Å². The number of benzene rings is 1. The second kappa shape index (κ2) is 5.45. The van der Waals surface area contributed by atoms with Crippen LogP contribution in [0.15, 0.2) is 18.2 Å². The zero-order valence-electron chi connectivity index (χ0n) is 9.51. The zero-order chi connectivity index (χ0) is 12.6. The summed E-state index contributed by atoms with van der Waals surface area (Å²) in [5, 5.41) is 0. The highest BCUT2D eigenvalue weighted by molar-refractivity contribution is 5.85. The second-order valence-electron chi connectivity index (χ2n) is 4.45. The van der Waals surface area contributed by atoms with Gasteiger partial charge in [0.15, 0.2) is 0 Å². The van der Waals surface area contributed by atoms with Gasteiger partial charge in [0.1, 0.15) is 5.82 Å². The first kappa shape index (κ1) is 15.2. The minimum Gasteiger partial charge on any atom is -0.324 e. The molecule has 102 valence electrons. The van der Waals surface area contributed by atoms with E-state index in [1.807, 2.05) is 0 Å². The van der Waals surface area contributed by atoms with Gasteiger partial charge in [-0.25, -0.2) is 4.39 Å². The molecule has 1 nitrogen and oxygen atoms in total. The van der Waals surface area contributed by atoms with Gasteiger partial charge in [-0.15, -0.1) is 12.4 Å². The van der Waals surface area contributed by atoms with Crippen molar-refractivity contribution in [1.29, 1.82) is 0 Å². The lowest BCUT2D eigenvalue weighted by molar-refractivity contribution is -0.137. The molecule has 0 aliphatic heterocycles. The van der Waals surface area contributed by atoms with E-state index >= 15 is 0 Å². The monoisotopic (exact) mass is 283 g/mol. The van der Waals surface area contributed by atoms with Crippen LogP contribution in [-0.2, 0) is 6.18 Å². The van der Waals surface area contributed by atoms with E-state index < -0.39 is 23.6 Å². The van der Waals surface area contributed by atoms with Crippen molar-refractivity contribution >= 4 is 12.4 Å². The van der Waals surface area contributed by atoms with E-state index in [1.54, 1.807) is 0 Å². The average molecular weight is 284 g/mol. The van der Waals surface area contributed by atoms with Crippen molar-refractivity contribution in [2.24, 2.45) is 11.7 Å². The van der Waals surface area contributed by atoms with Gasteiger partial charge in [-0.1, -0.05) is 6.42 Å². The third kappa shape index (κ3) is 2.95. The molecular formula is C12H14ClF4N. The number of hydrogen-bond donors (Lipinski definition) is 1. The molecule has 0 bridgehead atoms. The second-order valence-corrected chi connectivity index (χ2v) is 4.45. The number of halogens is 5. The van der Waals surface area contributed by atoms with Crippen molar-refractivity contribution < 1.29 is 17.6 Å². The molecule has 0 heterocycles. The molecule has 2 N–H and O–H groups in total. The summed E-state index contributed by atoms with van der Waals surface area (Å²) in [6.07, 6.45) is -1.73. The highest BCUT2D eigenvalue weighted by Gasteiger charge is 2.33. The summed E-state index contributed by atoms with van der Waals surface area (Å²) in [7, 11) is 0. The van der Waals surface area contributed by atoms with Crippen LogP contribution in [0.5, 0.6) is 0 Å². The molecule has 0 unspecified atom stereocenters. The van der Waals surface area contributed by atoms with E-state index in [0.717, 1.165) is 37.5 Å². The average Bonchev–Trinajstić information content (AvgIpc) is 2.13. The fourth-order valence-corrected chi connectivity index (χ4v) is 2.03. The molecule has 0 aromatic heterocycles. The summed E-state index contributed by atoms with van der Waals surface area (Å²) in [6, 6.07) is 1.78. The fraction of sp³-hybridized carbons (Fsp3) is 0.500. The molecule has 0 saturated heterocycles. The van der Waals surface area contributed by atoms with Crippen LogP contribution in [0.1, 0.15) is 36.4 Å². The Hall–Kier alpha value is -0.810. The standard InChI is InChI=1S/C12H13F4N.ClH/c13-10-5-4-8(12(14,15)16)6-9(10)11(17)7-2-1-3-7;/h4-7,11H,1-3,17H2;1H/t11-;/m1./s1. The maximum Gasteiger partial charge on any atom is 0.416 e. The number of nitrogens with two attached hydrogens (primary N) is 1. The molecule has 1 aromatic rings. The number of rotatable bonds is 2. The van der Waals surface area contributed by atoms with Crippen LogP contribution >= 0.6 is 12.4 Å².